The smallest absolute Gasteiger partial charge is 0.298 e. The summed E-state index contributed by atoms with van der Waals surface area (Å²) in [6.45, 7) is 0. The molecule has 11 heteroatoms. The summed E-state index contributed by atoms with van der Waals surface area (Å²) in [5, 5.41) is 18.2. The Morgan fingerprint density at radius 1 is 0.765 bits per heavy atom. The molecule has 0 fully saturated rings. The third-order valence-corrected chi connectivity index (χ3v) is 3.36. The van der Waals surface area contributed by atoms with Gasteiger partial charge in [0.25, 0.3) is 20.2 Å². The van der Waals surface area contributed by atoms with Gasteiger partial charge in [-0.1, -0.05) is 0 Å². The van der Waals surface area contributed by atoms with E-state index in [4.69, 9.17) is 19.3 Å². The van der Waals surface area contributed by atoms with Crippen LogP contribution in [0.5, 0.6) is 11.5 Å². The van der Waals surface area contributed by atoms with E-state index >= 15 is 0 Å². The molecular formula is C6H6CdO8S2. The van der Waals surface area contributed by atoms with E-state index in [1.165, 1.54) is 0 Å². The second-order valence-corrected chi connectivity index (χ2v) is 5.52. The quantitative estimate of drug-likeness (QED) is 0.306. The van der Waals surface area contributed by atoms with Gasteiger partial charge in [-0.2, -0.15) is 16.8 Å². The number of phenolic OH excluding ortho intramolecular Hbond substituents is 2. The SMILES string of the molecule is O=S(=O)(O)c1cc(O)c(S(=O)(=O)O)cc1O.[Cd]. The standard InChI is InChI=1S/C6H6O8S2.Cd/c7-3-1-5(15(9,10)11)4(8)2-6(3)16(12,13)14;/h1-2,7-8H,(H,9,10,11)(H,12,13,14);. The van der Waals surface area contributed by atoms with Crippen LogP contribution in [-0.4, -0.2) is 36.2 Å². The number of phenols is 2. The van der Waals surface area contributed by atoms with E-state index in [1.807, 2.05) is 0 Å². The summed E-state index contributed by atoms with van der Waals surface area (Å²) in [4.78, 5) is -2.14. The summed E-state index contributed by atoms with van der Waals surface area (Å²) < 4.78 is 59.7. The first-order valence-electron chi connectivity index (χ1n) is 3.54. The normalized spacial score (nSPS) is 11.9. The molecule has 0 spiro atoms. The molecule has 0 aliphatic rings. The third kappa shape index (κ3) is 3.77. The van der Waals surface area contributed by atoms with E-state index < -0.39 is 41.5 Å². The van der Waals surface area contributed by atoms with E-state index in [1.54, 1.807) is 0 Å². The van der Waals surface area contributed by atoms with Crippen molar-refractivity contribution in [3.8, 4) is 11.5 Å². The molecule has 0 saturated heterocycles. The van der Waals surface area contributed by atoms with Gasteiger partial charge in [-0.05, 0) is 0 Å². The number of hydrogen-bond donors (Lipinski definition) is 4. The zero-order valence-corrected chi connectivity index (χ0v) is 13.8. The van der Waals surface area contributed by atoms with Crippen LogP contribution in [0.4, 0.5) is 0 Å². The van der Waals surface area contributed by atoms with Crippen LogP contribution in [0, 0.1) is 0 Å². The fraction of sp³-hybridized carbons (Fsp3) is 0. The molecular weight excluding hydrogens is 377 g/mol. The van der Waals surface area contributed by atoms with Crippen molar-refractivity contribution in [2.24, 2.45) is 0 Å². The van der Waals surface area contributed by atoms with Crippen molar-refractivity contribution in [3.63, 3.8) is 0 Å². The molecule has 1 aromatic rings. The van der Waals surface area contributed by atoms with Gasteiger partial charge < -0.3 is 10.2 Å². The fourth-order valence-electron chi connectivity index (χ4n) is 0.952. The van der Waals surface area contributed by atoms with Gasteiger partial charge >= 0.3 is 0 Å². The van der Waals surface area contributed by atoms with Gasteiger partial charge in [0.15, 0.2) is 0 Å². The first-order chi connectivity index (χ1) is 7.03. The molecule has 0 amide bonds. The van der Waals surface area contributed by atoms with Gasteiger partial charge in [0.2, 0.25) is 0 Å². The minimum Gasteiger partial charge on any atom is -0.506 e. The Hall–Kier alpha value is -0.438. The van der Waals surface area contributed by atoms with E-state index in [9.17, 15) is 16.8 Å². The molecule has 17 heavy (non-hydrogen) atoms. The summed E-state index contributed by atoms with van der Waals surface area (Å²) >= 11 is 0. The van der Waals surface area contributed by atoms with Crippen molar-refractivity contribution in [2.75, 3.05) is 0 Å². The maximum atomic E-state index is 10.6. The van der Waals surface area contributed by atoms with Crippen molar-refractivity contribution >= 4 is 20.2 Å². The van der Waals surface area contributed by atoms with Crippen molar-refractivity contribution in [1.29, 1.82) is 0 Å². The summed E-state index contributed by atoms with van der Waals surface area (Å²) in [6, 6.07) is 0.599. The average molecular weight is 383 g/mol. The molecule has 4 N–H and O–H groups in total. The second-order valence-electron chi connectivity index (χ2n) is 2.74. The molecule has 8 nitrogen and oxygen atoms in total. The van der Waals surface area contributed by atoms with Crippen LogP contribution >= 0.6 is 0 Å². The summed E-state index contributed by atoms with van der Waals surface area (Å²) in [6.07, 6.45) is 0. The van der Waals surface area contributed by atoms with Crippen LogP contribution in [0.2, 0.25) is 0 Å². The molecule has 0 saturated carbocycles. The first kappa shape index (κ1) is 16.6. The Kier molecular flexibility index (Phi) is 4.92. The molecule has 0 bridgehead atoms. The van der Waals surface area contributed by atoms with Crippen LogP contribution in [0.25, 0.3) is 0 Å². The molecule has 1 aromatic carbocycles. The van der Waals surface area contributed by atoms with E-state index in [-0.39, 0.29) is 27.3 Å². The van der Waals surface area contributed by atoms with Crippen LogP contribution in [0.15, 0.2) is 21.9 Å². The van der Waals surface area contributed by atoms with Crippen molar-refractivity contribution in [1.82, 2.24) is 0 Å². The number of hydrogen-bond acceptors (Lipinski definition) is 6. The maximum absolute atomic E-state index is 10.6. The van der Waals surface area contributed by atoms with E-state index in [0.717, 1.165) is 0 Å². The first-order valence-corrected chi connectivity index (χ1v) is 6.42. The molecule has 0 aliphatic heterocycles. The molecule has 0 atom stereocenters. The zero-order chi connectivity index (χ0) is 12.7. The molecule has 92 valence electrons. The van der Waals surface area contributed by atoms with E-state index in [2.05, 4.69) is 0 Å². The Bertz CT molecular complexity index is 574. The Labute approximate surface area is 117 Å². The summed E-state index contributed by atoms with van der Waals surface area (Å²) in [5.41, 5.74) is 0. The Balaban J connectivity index is 0.00000256. The predicted octanol–water partition coefficient (Wildman–Crippen LogP) is -0.411. The fourth-order valence-corrected chi connectivity index (χ4v) is 2.12. The predicted molar refractivity (Wildman–Crippen MR) is 49.4 cm³/mol. The van der Waals surface area contributed by atoms with Crippen LogP contribution in [0.1, 0.15) is 0 Å². The molecule has 0 radical (unpaired) electrons. The van der Waals surface area contributed by atoms with Gasteiger partial charge in [0.05, 0.1) is 0 Å². The minimum atomic E-state index is -4.80. The Morgan fingerprint density at radius 3 is 1.18 bits per heavy atom. The van der Waals surface area contributed by atoms with Crippen LogP contribution in [-0.2, 0) is 47.5 Å². The molecule has 0 unspecified atom stereocenters. The average Bonchev–Trinajstić information content (AvgIpc) is 2.04. The zero-order valence-electron chi connectivity index (χ0n) is 8.10. The van der Waals surface area contributed by atoms with Crippen molar-refractivity contribution in [3.05, 3.63) is 12.1 Å². The number of rotatable bonds is 2. The topological polar surface area (TPSA) is 149 Å². The van der Waals surface area contributed by atoms with Gasteiger partial charge in [-0.25, -0.2) is 0 Å². The largest absolute Gasteiger partial charge is 0.506 e. The van der Waals surface area contributed by atoms with Gasteiger partial charge in [-0.15, -0.1) is 0 Å². The third-order valence-electron chi connectivity index (χ3n) is 1.60. The maximum Gasteiger partial charge on any atom is 0.298 e. The van der Waals surface area contributed by atoms with Crippen LogP contribution in [0.3, 0.4) is 0 Å². The number of aromatic hydroxyl groups is 2. The Morgan fingerprint density at radius 2 is 1.00 bits per heavy atom. The van der Waals surface area contributed by atoms with Gasteiger partial charge in [0.1, 0.15) is 21.3 Å². The number of benzene rings is 1. The minimum absolute atomic E-state index is 0. The van der Waals surface area contributed by atoms with Gasteiger partial charge in [0, 0.05) is 39.4 Å². The summed E-state index contributed by atoms with van der Waals surface area (Å²) in [7, 11) is -9.61. The monoisotopic (exact) mass is 384 g/mol. The van der Waals surface area contributed by atoms with E-state index in [0.29, 0.717) is 12.1 Å². The van der Waals surface area contributed by atoms with Gasteiger partial charge in [-0.3, -0.25) is 9.11 Å². The molecule has 0 aliphatic carbocycles. The second kappa shape index (κ2) is 5.05. The summed E-state index contributed by atoms with van der Waals surface area (Å²) in [5.74, 6) is -2.24. The molecule has 0 aromatic heterocycles. The molecule has 1 rings (SSSR count). The van der Waals surface area contributed by atoms with Crippen LogP contribution < -0.4 is 0 Å². The molecule has 0 heterocycles. The van der Waals surface area contributed by atoms with Crippen molar-refractivity contribution in [2.45, 2.75) is 9.79 Å². The van der Waals surface area contributed by atoms with Crippen molar-refractivity contribution < 1.29 is 63.5 Å².